The van der Waals surface area contributed by atoms with Gasteiger partial charge < -0.3 is 10.4 Å². The number of aliphatic hydroxyl groups is 1. The summed E-state index contributed by atoms with van der Waals surface area (Å²) in [6.45, 7) is 0.627. The maximum atomic E-state index is 8.51. The Morgan fingerprint density at radius 3 is 2.50 bits per heavy atom. The van der Waals surface area contributed by atoms with Crippen LogP contribution in [-0.4, -0.2) is 18.3 Å². The Labute approximate surface area is 70.5 Å². The van der Waals surface area contributed by atoms with Crippen LogP contribution in [-0.2, 0) is 0 Å². The van der Waals surface area contributed by atoms with Crippen LogP contribution >= 0.6 is 0 Å². The molecule has 2 N–H and O–H groups in total. The zero-order valence-electron chi connectivity index (χ0n) is 6.57. The molecule has 62 valence electrons. The van der Waals surface area contributed by atoms with Crippen LogP contribution in [0.4, 0.5) is 11.4 Å². The van der Waals surface area contributed by atoms with Crippen LogP contribution in [0, 0.1) is 5.39 Å². The molecular weight excluding hydrogens is 154 g/mol. The van der Waals surface area contributed by atoms with Gasteiger partial charge >= 0.3 is 5.69 Å². The van der Waals surface area contributed by atoms with Crippen molar-refractivity contribution in [2.45, 2.75) is 0 Å². The number of hydrogen-bond acceptors (Lipinski definition) is 3. The van der Waals surface area contributed by atoms with Crippen molar-refractivity contribution < 1.29 is 5.11 Å². The molecule has 0 atom stereocenters. The van der Waals surface area contributed by atoms with Crippen LogP contribution in [0.3, 0.4) is 0 Å². The first kappa shape index (κ1) is 8.50. The number of benzene rings is 1. The smallest absolute Gasteiger partial charge is 0.385 e. The van der Waals surface area contributed by atoms with E-state index in [1.165, 1.54) is 0 Å². The summed E-state index contributed by atoms with van der Waals surface area (Å²) in [5.41, 5.74) is 1.42. The fourth-order valence-corrected chi connectivity index (χ4v) is 0.846. The monoisotopic (exact) mass is 164 g/mol. The number of aliphatic hydroxyl groups excluding tert-OH is 1. The van der Waals surface area contributed by atoms with Gasteiger partial charge in [-0.15, -0.1) is 0 Å². The van der Waals surface area contributed by atoms with Crippen molar-refractivity contribution >= 4 is 11.4 Å². The predicted octanol–water partition coefficient (Wildman–Crippen LogP) is 1.58. The van der Waals surface area contributed by atoms with Gasteiger partial charge in [0.25, 0.3) is 0 Å². The minimum absolute atomic E-state index is 0.103. The molecule has 0 aromatic heterocycles. The molecule has 1 aromatic rings. The molecule has 0 aliphatic rings. The van der Waals surface area contributed by atoms with Crippen molar-refractivity contribution in [1.82, 2.24) is 0 Å². The largest absolute Gasteiger partial charge is 0.395 e. The molecule has 0 saturated heterocycles. The standard InChI is InChI=1S/C8H10N3O/c9-11-8-3-1-7(2-4-8)10-5-6-12/h1-4,10,12H,5-6H2/q+1. The Morgan fingerprint density at radius 1 is 1.33 bits per heavy atom. The second-order valence-corrected chi connectivity index (χ2v) is 2.30. The van der Waals surface area contributed by atoms with Gasteiger partial charge in [-0.25, -0.2) is 0 Å². The summed E-state index contributed by atoms with van der Waals surface area (Å²) in [4.78, 5) is 3.01. The number of rotatable bonds is 3. The molecule has 0 radical (unpaired) electrons. The second kappa shape index (κ2) is 4.31. The lowest BCUT2D eigenvalue weighted by atomic mass is 10.3. The molecule has 0 aliphatic carbocycles. The highest BCUT2D eigenvalue weighted by atomic mass is 16.3. The number of hydrogen-bond donors (Lipinski definition) is 2. The van der Waals surface area contributed by atoms with Gasteiger partial charge in [0, 0.05) is 24.4 Å². The second-order valence-electron chi connectivity index (χ2n) is 2.30. The highest BCUT2D eigenvalue weighted by Gasteiger charge is 2.01. The summed E-state index contributed by atoms with van der Waals surface area (Å²) >= 11 is 0. The molecule has 0 aliphatic heterocycles. The molecule has 0 heterocycles. The Morgan fingerprint density at radius 2 is 2.00 bits per heavy atom. The maximum Gasteiger partial charge on any atom is 0.385 e. The first-order valence-corrected chi connectivity index (χ1v) is 3.66. The first-order valence-electron chi connectivity index (χ1n) is 3.66. The molecular formula is C8H10N3O+. The van der Waals surface area contributed by atoms with Crippen molar-refractivity contribution in [2.75, 3.05) is 18.5 Å². The van der Waals surface area contributed by atoms with E-state index in [9.17, 15) is 0 Å². The van der Waals surface area contributed by atoms with Crippen molar-refractivity contribution in [3.8, 4) is 0 Å². The Hall–Kier alpha value is -1.60. The fraction of sp³-hybridized carbons (Fsp3) is 0.250. The molecule has 0 amide bonds. The molecule has 4 nitrogen and oxygen atoms in total. The molecule has 0 spiro atoms. The van der Waals surface area contributed by atoms with Crippen LogP contribution in [0.5, 0.6) is 0 Å². The fourth-order valence-electron chi connectivity index (χ4n) is 0.846. The third kappa shape index (κ3) is 2.22. The van der Waals surface area contributed by atoms with E-state index in [0.29, 0.717) is 12.2 Å². The van der Waals surface area contributed by atoms with E-state index in [2.05, 4.69) is 10.3 Å². The van der Waals surface area contributed by atoms with Crippen LogP contribution < -0.4 is 5.32 Å². The molecule has 1 rings (SSSR count). The zero-order valence-corrected chi connectivity index (χ0v) is 6.57. The van der Waals surface area contributed by atoms with E-state index in [0.717, 1.165) is 5.69 Å². The van der Waals surface area contributed by atoms with E-state index in [1.807, 2.05) is 0 Å². The Balaban J connectivity index is 2.60. The topological polar surface area (TPSA) is 60.4 Å². The van der Waals surface area contributed by atoms with E-state index >= 15 is 0 Å². The van der Waals surface area contributed by atoms with Gasteiger partial charge in [-0.05, 0) is 12.1 Å². The quantitative estimate of drug-likeness (QED) is 0.666. The molecule has 0 bridgehead atoms. The molecule has 0 unspecified atom stereocenters. The van der Waals surface area contributed by atoms with Gasteiger partial charge in [0.1, 0.15) is 0 Å². The predicted molar refractivity (Wildman–Crippen MR) is 46.8 cm³/mol. The first-order chi connectivity index (χ1) is 5.86. The lowest BCUT2D eigenvalue weighted by Crippen LogP contribution is -2.04. The average molecular weight is 164 g/mol. The summed E-state index contributed by atoms with van der Waals surface area (Å²) in [5.74, 6) is 0. The number of diazo groups is 1. The van der Waals surface area contributed by atoms with Crippen molar-refractivity contribution in [2.24, 2.45) is 0 Å². The summed E-state index contributed by atoms with van der Waals surface area (Å²) in [7, 11) is 0. The third-order valence-electron chi connectivity index (χ3n) is 1.42. The highest BCUT2D eigenvalue weighted by molar-refractivity contribution is 5.53. The van der Waals surface area contributed by atoms with Crippen LogP contribution in [0.1, 0.15) is 0 Å². The van der Waals surface area contributed by atoms with Gasteiger partial charge in [0.05, 0.1) is 6.61 Å². The van der Waals surface area contributed by atoms with Gasteiger partial charge in [0.2, 0.25) is 5.39 Å². The van der Waals surface area contributed by atoms with Gasteiger partial charge in [-0.2, -0.15) is 0 Å². The molecule has 0 fully saturated rings. The number of nitrogens with one attached hydrogen (secondary N) is 1. The van der Waals surface area contributed by atoms with Crippen molar-refractivity contribution in [3.05, 3.63) is 29.2 Å². The minimum atomic E-state index is 0.103. The highest BCUT2D eigenvalue weighted by Crippen LogP contribution is 2.15. The normalized spacial score (nSPS) is 9.00. The van der Waals surface area contributed by atoms with E-state index in [-0.39, 0.29) is 6.61 Å². The van der Waals surface area contributed by atoms with Crippen molar-refractivity contribution in [3.63, 3.8) is 0 Å². The summed E-state index contributed by atoms with van der Waals surface area (Å²) in [6.07, 6.45) is 0. The Bertz CT molecular complexity index is 275. The summed E-state index contributed by atoms with van der Waals surface area (Å²) in [5, 5.41) is 19.8. The molecule has 0 saturated carbocycles. The van der Waals surface area contributed by atoms with Crippen LogP contribution in [0.25, 0.3) is 4.98 Å². The van der Waals surface area contributed by atoms with Crippen molar-refractivity contribution in [1.29, 1.82) is 5.39 Å². The van der Waals surface area contributed by atoms with Crippen LogP contribution in [0.15, 0.2) is 24.3 Å². The van der Waals surface area contributed by atoms with E-state index in [1.54, 1.807) is 24.3 Å². The van der Waals surface area contributed by atoms with Gasteiger partial charge in [-0.1, -0.05) is 0 Å². The van der Waals surface area contributed by atoms with Gasteiger partial charge in [-0.3, -0.25) is 0 Å². The van der Waals surface area contributed by atoms with Gasteiger partial charge in [0.15, 0.2) is 4.98 Å². The zero-order chi connectivity index (χ0) is 8.81. The molecule has 1 aromatic carbocycles. The van der Waals surface area contributed by atoms with E-state index in [4.69, 9.17) is 10.5 Å². The molecule has 4 heteroatoms. The van der Waals surface area contributed by atoms with E-state index < -0.39 is 0 Å². The third-order valence-corrected chi connectivity index (χ3v) is 1.42. The summed E-state index contributed by atoms with van der Waals surface area (Å²) < 4.78 is 0. The minimum Gasteiger partial charge on any atom is -0.395 e. The maximum absolute atomic E-state index is 8.51. The summed E-state index contributed by atoms with van der Waals surface area (Å²) in [6, 6.07) is 6.93. The number of anilines is 1. The average Bonchev–Trinajstić information content (AvgIpc) is 2.15. The number of nitrogens with zero attached hydrogens (tertiary/aromatic N) is 2. The lowest BCUT2D eigenvalue weighted by molar-refractivity contribution is 0.311. The Kier molecular flexibility index (Phi) is 3.05. The lowest BCUT2D eigenvalue weighted by Gasteiger charge is -2.00. The SMILES string of the molecule is N#[N+]c1ccc(NCCO)cc1. The molecule has 12 heavy (non-hydrogen) atoms. The van der Waals surface area contributed by atoms with Crippen LogP contribution in [0.2, 0.25) is 0 Å².